The molecule has 0 aliphatic carbocycles. The van der Waals surface area contributed by atoms with Crippen molar-refractivity contribution in [3.05, 3.63) is 92.7 Å². The number of aromatic nitrogens is 2. The van der Waals surface area contributed by atoms with E-state index in [0.29, 0.717) is 79.6 Å². The van der Waals surface area contributed by atoms with Crippen LogP contribution in [0.5, 0.6) is 11.5 Å². The Morgan fingerprint density at radius 2 is 1.89 bits per heavy atom. The van der Waals surface area contributed by atoms with Gasteiger partial charge in [-0.25, -0.2) is 14.8 Å². The molecule has 6 N–H and O–H groups in total. The smallest absolute Gasteiger partial charge is 0.341 e. The molecular formula is C43H47N7O7. The van der Waals surface area contributed by atoms with Gasteiger partial charge in [-0.1, -0.05) is 0 Å². The number of carbonyl (C=O) groups excluding carboxylic acids is 1. The molecule has 0 bridgehead atoms. The van der Waals surface area contributed by atoms with Gasteiger partial charge in [0.2, 0.25) is 0 Å². The summed E-state index contributed by atoms with van der Waals surface area (Å²) in [7, 11) is 1.90. The first kappa shape index (κ1) is 36.9. The molecule has 3 aromatic heterocycles. The summed E-state index contributed by atoms with van der Waals surface area (Å²) in [6.07, 6.45) is 7.60. The van der Waals surface area contributed by atoms with Crippen LogP contribution in [0.1, 0.15) is 68.0 Å². The SMILES string of the molecule is CNC[C@@H]1CC[C@]2(O[C@@H]2CCc2cc(N)nc(-c3cc(N)nc(CN4C=C5N=CC=C5C4)c3)c2)C(=O)O[C@@H]2[C@@H](C1)c1c(cc3oc(C)cc(=O)c3c1O)OC2(C)C. The van der Waals surface area contributed by atoms with Crippen molar-refractivity contribution in [2.24, 2.45) is 10.9 Å². The van der Waals surface area contributed by atoms with Gasteiger partial charge in [0.15, 0.2) is 11.0 Å². The van der Waals surface area contributed by atoms with E-state index in [1.807, 2.05) is 57.6 Å². The highest BCUT2D eigenvalue weighted by Crippen LogP contribution is 2.54. The number of hydrogen-bond donors (Lipinski definition) is 4. The molecule has 0 unspecified atom stereocenters. The molecule has 0 radical (unpaired) electrons. The van der Waals surface area contributed by atoms with Gasteiger partial charge in [-0.2, -0.15) is 0 Å². The average molecular weight is 774 g/mol. The van der Waals surface area contributed by atoms with Crippen molar-refractivity contribution in [2.45, 2.75) is 88.7 Å². The number of carbonyl (C=O) groups is 1. The van der Waals surface area contributed by atoms with Crippen molar-refractivity contribution in [1.29, 1.82) is 0 Å². The Morgan fingerprint density at radius 1 is 1.07 bits per heavy atom. The summed E-state index contributed by atoms with van der Waals surface area (Å²) in [6, 6.07) is 10.7. The van der Waals surface area contributed by atoms with Crippen LogP contribution < -0.4 is 26.9 Å². The molecule has 14 heteroatoms. The van der Waals surface area contributed by atoms with Gasteiger partial charge in [0.1, 0.15) is 51.6 Å². The molecule has 14 nitrogen and oxygen atoms in total. The minimum Gasteiger partial charge on any atom is -0.507 e. The summed E-state index contributed by atoms with van der Waals surface area (Å²) in [5.41, 5.74) is 16.3. The molecule has 4 aromatic rings. The Hall–Kier alpha value is -5.73. The molecular weight excluding hydrogens is 727 g/mol. The standard InChI is InChI=1S/C43H47N7O7/c1-22-11-31(51)38-32(54-22)17-33-37(39(38)52)28-12-24(18-46-4)7-9-43(41(53)55-40(28)42(2,3)56-33)34(57-43)6-5-23-13-29(49-35(44)14-23)26-15-27(48-36(45)16-26)20-50-19-25-8-10-47-30(25)21-50/h8,10-11,13-17,21,24,28,34,40,46,52H,5-7,9,12,18-20H2,1-4H3,(H2,44,49)(H2,45,48)/t24-,28+,34-,40-,43-/m1/s1. The first-order chi connectivity index (χ1) is 27.3. The van der Waals surface area contributed by atoms with Crippen molar-refractivity contribution >= 4 is 34.8 Å². The number of phenols is 1. The van der Waals surface area contributed by atoms with Crippen LogP contribution in [-0.2, 0) is 27.2 Å². The molecule has 57 heavy (non-hydrogen) atoms. The third-order valence-corrected chi connectivity index (χ3v) is 12.0. The maximum atomic E-state index is 14.4. The lowest BCUT2D eigenvalue weighted by atomic mass is 9.75. The van der Waals surface area contributed by atoms with E-state index in [9.17, 15) is 14.7 Å². The Labute approximate surface area is 329 Å². The van der Waals surface area contributed by atoms with E-state index >= 15 is 0 Å². The summed E-state index contributed by atoms with van der Waals surface area (Å²) in [5, 5.41) is 15.1. The highest BCUT2D eigenvalue weighted by atomic mass is 16.7. The number of epoxide rings is 1. The van der Waals surface area contributed by atoms with Crippen LogP contribution in [0.25, 0.3) is 22.2 Å². The number of aliphatic imine (C=N–C) groups is 1. The number of nitrogens with two attached hydrogens (primary N) is 2. The highest BCUT2D eigenvalue weighted by molar-refractivity contribution is 5.88. The number of phenolic OH excluding ortho intramolecular Hbond substituents is 1. The number of esters is 1. The first-order valence-electron chi connectivity index (χ1n) is 19.6. The second kappa shape index (κ2) is 13.7. The van der Waals surface area contributed by atoms with Crippen LogP contribution in [0.2, 0.25) is 0 Å². The lowest BCUT2D eigenvalue weighted by Gasteiger charge is -2.45. The van der Waals surface area contributed by atoms with Gasteiger partial charge in [-0.15, -0.1) is 0 Å². The minimum atomic E-state index is -1.12. The summed E-state index contributed by atoms with van der Waals surface area (Å²) < 4.78 is 25.1. The van der Waals surface area contributed by atoms with E-state index in [-0.39, 0.29) is 34.2 Å². The Morgan fingerprint density at radius 3 is 2.70 bits per heavy atom. The summed E-state index contributed by atoms with van der Waals surface area (Å²) in [4.78, 5) is 43.2. The van der Waals surface area contributed by atoms with Crippen LogP contribution in [0.3, 0.4) is 0 Å². The molecule has 0 amide bonds. The van der Waals surface area contributed by atoms with E-state index in [2.05, 4.69) is 25.2 Å². The second-order valence-electron chi connectivity index (χ2n) is 16.5. The molecule has 2 fully saturated rings. The highest BCUT2D eigenvalue weighted by Gasteiger charge is 2.65. The van der Waals surface area contributed by atoms with E-state index in [0.717, 1.165) is 29.1 Å². The number of nitrogens with zero attached hydrogens (tertiary/aromatic N) is 4. The van der Waals surface area contributed by atoms with Crippen LogP contribution >= 0.6 is 0 Å². The van der Waals surface area contributed by atoms with Crippen LogP contribution in [0.15, 0.2) is 74.1 Å². The van der Waals surface area contributed by atoms with Gasteiger partial charge >= 0.3 is 5.97 Å². The molecule has 5 aliphatic heterocycles. The maximum absolute atomic E-state index is 14.4. The third kappa shape index (κ3) is 6.69. The fourth-order valence-corrected chi connectivity index (χ4v) is 9.31. The number of fused-ring (bicyclic) bond motifs is 5. The topological polar surface area (TPSA) is 204 Å². The molecule has 0 saturated carbocycles. The lowest BCUT2D eigenvalue weighted by molar-refractivity contribution is -0.170. The van der Waals surface area contributed by atoms with Crippen molar-refractivity contribution in [3.8, 4) is 22.8 Å². The fraction of sp³-hybridized carbons (Fsp3) is 0.419. The number of rotatable bonds is 8. The number of hydrogen-bond acceptors (Lipinski definition) is 14. The van der Waals surface area contributed by atoms with Gasteiger partial charge < -0.3 is 45.4 Å². The van der Waals surface area contributed by atoms with Crippen molar-refractivity contribution in [3.63, 3.8) is 0 Å². The van der Waals surface area contributed by atoms with Gasteiger partial charge in [0.25, 0.3) is 0 Å². The Balaban J connectivity index is 0.953. The number of ether oxygens (including phenoxy) is 3. The maximum Gasteiger partial charge on any atom is 0.341 e. The van der Waals surface area contributed by atoms with Crippen LogP contribution in [0, 0.1) is 12.8 Å². The number of nitrogen functional groups attached to an aromatic ring is 2. The zero-order valence-electron chi connectivity index (χ0n) is 32.5. The number of allylic oxidation sites excluding steroid dienone is 1. The molecule has 8 heterocycles. The number of pyridine rings is 2. The largest absolute Gasteiger partial charge is 0.507 e. The molecule has 296 valence electrons. The van der Waals surface area contributed by atoms with E-state index in [1.165, 1.54) is 11.6 Å². The molecule has 2 saturated heterocycles. The predicted molar refractivity (Wildman–Crippen MR) is 215 cm³/mol. The van der Waals surface area contributed by atoms with Gasteiger partial charge in [0.05, 0.1) is 29.7 Å². The molecule has 9 rings (SSSR count). The third-order valence-electron chi connectivity index (χ3n) is 12.0. The van der Waals surface area contributed by atoms with Gasteiger partial charge in [-0.05, 0) is 108 Å². The Bertz CT molecular complexity index is 2470. The fourth-order valence-electron chi connectivity index (χ4n) is 9.31. The zero-order valence-corrected chi connectivity index (χ0v) is 32.5. The predicted octanol–water partition coefficient (Wildman–Crippen LogP) is 5.05. The number of aryl methyl sites for hydroxylation is 2. The summed E-state index contributed by atoms with van der Waals surface area (Å²) in [5.74, 6) is 0.602. The van der Waals surface area contributed by atoms with Gasteiger partial charge in [0, 0.05) is 53.7 Å². The molecule has 1 spiro atoms. The summed E-state index contributed by atoms with van der Waals surface area (Å²) >= 11 is 0. The van der Waals surface area contributed by atoms with Crippen LogP contribution in [0.4, 0.5) is 11.6 Å². The van der Waals surface area contributed by atoms with E-state index in [1.54, 1.807) is 19.1 Å². The number of nitrogens with one attached hydrogen (secondary N) is 1. The lowest BCUT2D eigenvalue weighted by Crippen LogP contribution is -2.52. The number of aromatic hydroxyl groups is 1. The Kier molecular flexibility index (Phi) is 8.89. The molecule has 1 aromatic carbocycles. The van der Waals surface area contributed by atoms with Crippen molar-refractivity contribution in [1.82, 2.24) is 20.2 Å². The van der Waals surface area contributed by atoms with Gasteiger partial charge in [-0.3, -0.25) is 9.79 Å². The van der Waals surface area contributed by atoms with Crippen LogP contribution in [-0.4, -0.2) is 75.7 Å². The normalized spacial score (nSPS) is 25.8. The first-order valence-corrected chi connectivity index (χ1v) is 19.6. The van der Waals surface area contributed by atoms with E-state index in [4.69, 9.17) is 30.1 Å². The zero-order chi connectivity index (χ0) is 39.8. The monoisotopic (exact) mass is 773 g/mol. The van der Waals surface area contributed by atoms with Crippen molar-refractivity contribution in [2.75, 3.05) is 31.6 Å². The summed E-state index contributed by atoms with van der Waals surface area (Å²) in [6.45, 7) is 7.45. The molecule has 5 atom stereocenters. The van der Waals surface area contributed by atoms with Crippen molar-refractivity contribution < 1.29 is 28.5 Å². The van der Waals surface area contributed by atoms with E-state index < -0.39 is 29.2 Å². The minimum absolute atomic E-state index is 0.0862. The average Bonchev–Trinajstić information content (AvgIpc) is 3.44. The second-order valence-corrected chi connectivity index (χ2v) is 16.5. The number of benzene rings is 1. The molecule has 5 aliphatic rings. The number of anilines is 2. The quantitative estimate of drug-likeness (QED) is 0.137.